The second kappa shape index (κ2) is 16.5. The minimum Gasteiger partial charge on any atom is -0.471 e. The van der Waals surface area contributed by atoms with E-state index < -0.39 is 61.6 Å². The van der Waals surface area contributed by atoms with Gasteiger partial charge in [-0.15, -0.1) is 0 Å². The van der Waals surface area contributed by atoms with E-state index >= 15 is 0 Å². The fourth-order valence-corrected chi connectivity index (χ4v) is 4.78. The van der Waals surface area contributed by atoms with Gasteiger partial charge in [-0.25, -0.2) is 8.78 Å². The first-order valence-electron chi connectivity index (χ1n) is 13.4. The summed E-state index contributed by atoms with van der Waals surface area (Å²) in [6, 6.07) is 1.22. The summed E-state index contributed by atoms with van der Waals surface area (Å²) in [7, 11) is 0. The Labute approximate surface area is 272 Å². The number of H-pyrrole nitrogens is 1. The number of nitrogens with two attached hydrogens (primary N) is 2. The summed E-state index contributed by atoms with van der Waals surface area (Å²) in [5.41, 5.74) is 10.2. The lowest BCUT2D eigenvalue weighted by atomic mass is 9.89. The Morgan fingerprint density at radius 3 is 2.23 bits per heavy atom. The molecule has 4 rings (SSSR count). The van der Waals surface area contributed by atoms with Gasteiger partial charge in [-0.2, -0.15) is 36.3 Å². The molecule has 1 saturated carbocycles. The van der Waals surface area contributed by atoms with E-state index in [1.165, 1.54) is 18.2 Å². The minimum absolute atomic E-state index is 0. The molecule has 1 atom stereocenters. The maximum Gasteiger partial charge on any atom is 0.412 e. The number of rotatable bonds is 9. The van der Waals surface area contributed by atoms with Crippen molar-refractivity contribution in [3.05, 3.63) is 39.4 Å². The van der Waals surface area contributed by atoms with Crippen molar-refractivity contribution < 1.29 is 49.4 Å². The van der Waals surface area contributed by atoms with Gasteiger partial charge in [0, 0.05) is 6.54 Å². The molecule has 10 nitrogen and oxygen atoms in total. The van der Waals surface area contributed by atoms with Gasteiger partial charge in [-0.3, -0.25) is 9.59 Å². The van der Waals surface area contributed by atoms with Crippen molar-refractivity contribution in [3.8, 4) is 5.88 Å². The highest BCUT2D eigenvalue weighted by Crippen LogP contribution is 2.37. The van der Waals surface area contributed by atoms with Crippen LogP contribution in [-0.4, -0.2) is 58.2 Å². The molecule has 262 valence electrons. The lowest BCUT2D eigenvalue weighted by Gasteiger charge is -2.23. The van der Waals surface area contributed by atoms with Crippen LogP contribution in [0.2, 0.25) is 10.0 Å². The number of ether oxygens (including phenoxy) is 1. The lowest BCUT2D eigenvalue weighted by Crippen LogP contribution is -2.49. The molecule has 20 heteroatoms. The van der Waals surface area contributed by atoms with Crippen molar-refractivity contribution in [2.45, 2.75) is 70.9 Å². The predicted molar refractivity (Wildman–Crippen MR) is 159 cm³/mol. The average Bonchev–Trinajstić information content (AvgIpc) is 3.38. The topological polar surface area (TPSA) is 161 Å². The summed E-state index contributed by atoms with van der Waals surface area (Å²) in [5, 5.41) is 4.81. The average molecular weight is 724 g/mol. The van der Waals surface area contributed by atoms with Gasteiger partial charge in [0.1, 0.15) is 5.56 Å². The molecule has 47 heavy (non-hydrogen) atoms. The number of carbonyl (C=O) groups is 2. The zero-order chi connectivity index (χ0) is 34.4. The number of anilines is 2. The van der Waals surface area contributed by atoms with Gasteiger partial charge in [-0.05, 0) is 30.5 Å². The Morgan fingerprint density at radius 2 is 1.70 bits per heavy atom. The van der Waals surface area contributed by atoms with E-state index in [9.17, 15) is 44.7 Å². The number of carbonyl (C=O) groups excluding carboxylic acids is 2. The van der Waals surface area contributed by atoms with Crippen LogP contribution in [-0.2, 0) is 11.3 Å². The molecule has 2 aromatic heterocycles. The molecule has 0 aliphatic heterocycles. The molecular weight excluding hydrogens is 693 g/mol. The zero-order valence-corrected chi connectivity index (χ0v) is 25.0. The molecule has 7 N–H and O–H groups in total. The van der Waals surface area contributed by atoms with E-state index in [0.29, 0.717) is 12.8 Å². The van der Waals surface area contributed by atoms with Crippen molar-refractivity contribution in [2.75, 3.05) is 11.9 Å². The summed E-state index contributed by atoms with van der Waals surface area (Å²) >= 11 is 12.5. The van der Waals surface area contributed by atoms with Crippen LogP contribution in [0.4, 0.5) is 46.8 Å². The second-order valence-corrected chi connectivity index (χ2v) is 10.8. The van der Waals surface area contributed by atoms with E-state index in [0.717, 1.165) is 19.3 Å². The number of benzene rings is 1. The number of nitrogens with one attached hydrogen (secondary N) is 3. The Bertz CT molecular complexity index is 1530. The molecular formula is C27H31Cl2F8N7O3. The zero-order valence-electron chi connectivity index (χ0n) is 23.5. The fourth-order valence-electron chi connectivity index (χ4n) is 4.25. The molecule has 3 aromatic rings. The summed E-state index contributed by atoms with van der Waals surface area (Å²) in [5.74, 6) is -3.89. The van der Waals surface area contributed by atoms with Gasteiger partial charge >= 0.3 is 12.4 Å². The third-order valence-electron chi connectivity index (χ3n) is 6.62. The number of alkyl halides is 8. The van der Waals surface area contributed by atoms with Crippen molar-refractivity contribution in [1.29, 1.82) is 0 Å². The molecule has 1 aromatic carbocycles. The van der Waals surface area contributed by atoms with Crippen LogP contribution in [0.3, 0.4) is 0 Å². The van der Waals surface area contributed by atoms with Crippen LogP contribution in [0.5, 0.6) is 5.88 Å². The second-order valence-electron chi connectivity index (χ2n) is 10.00. The molecule has 0 radical (unpaired) electrons. The molecule has 0 saturated heterocycles. The molecule has 2 amide bonds. The predicted octanol–water partition coefficient (Wildman–Crippen LogP) is 7.02. The fraction of sp³-hybridized carbons (Fsp3) is 0.481. The maximum absolute atomic E-state index is 12.6. The number of amides is 2. The normalized spacial score (nSPS) is 14.6. The smallest absolute Gasteiger partial charge is 0.412 e. The number of halogens is 10. The van der Waals surface area contributed by atoms with Crippen molar-refractivity contribution >= 4 is 57.8 Å². The summed E-state index contributed by atoms with van der Waals surface area (Å²) in [6.07, 6.45) is -8.49. The van der Waals surface area contributed by atoms with Crippen LogP contribution >= 0.6 is 23.2 Å². The first kappa shape index (κ1) is 39.5. The van der Waals surface area contributed by atoms with Gasteiger partial charge < -0.3 is 31.8 Å². The maximum atomic E-state index is 12.6. The Morgan fingerprint density at radius 1 is 1.06 bits per heavy atom. The van der Waals surface area contributed by atoms with E-state index in [1.807, 2.05) is 5.32 Å². The molecule has 2 heterocycles. The number of hydrogen-bond donors (Lipinski definition) is 5. The monoisotopic (exact) mass is 723 g/mol. The highest BCUT2D eigenvalue weighted by atomic mass is 35.5. The molecule has 1 fully saturated rings. The number of pyridine rings is 1. The number of primary amides is 1. The van der Waals surface area contributed by atoms with Crippen molar-refractivity contribution in [3.63, 3.8) is 0 Å². The first-order valence-corrected chi connectivity index (χ1v) is 14.2. The van der Waals surface area contributed by atoms with Crippen LogP contribution in [0, 0.1) is 5.92 Å². The van der Waals surface area contributed by atoms with Crippen molar-refractivity contribution in [2.24, 2.45) is 17.4 Å². The van der Waals surface area contributed by atoms with E-state index in [4.69, 9.17) is 39.4 Å². The quantitative estimate of drug-likeness (QED) is 0.148. The molecule has 0 bridgehead atoms. The largest absolute Gasteiger partial charge is 0.471 e. The van der Waals surface area contributed by atoms with Gasteiger partial charge in [0.05, 0.1) is 27.2 Å². The molecule has 0 spiro atoms. The van der Waals surface area contributed by atoms with Crippen LogP contribution in [0.25, 0.3) is 11.2 Å². The Balaban J connectivity index is 0.000000596. The van der Waals surface area contributed by atoms with Gasteiger partial charge in [0.15, 0.2) is 18.3 Å². The van der Waals surface area contributed by atoms with Crippen LogP contribution in [0.1, 0.15) is 55.5 Å². The van der Waals surface area contributed by atoms with Gasteiger partial charge in [0.2, 0.25) is 17.7 Å². The number of hydrogen-bond acceptors (Lipinski definition) is 7. The van der Waals surface area contributed by atoms with Crippen LogP contribution < -0.4 is 26.8 Å². The Kier molecular flexibility index (Phi) is 13.8. The highest BCUT2D eigenvalue weighted by molar-refractivity contribution is 6.39. The van der Waals surface area contributed by atoms with Crippen LogP contribution in [0.15, 0.2) is 18.2 Å². The summed E-state index contributed by atoms with van der Waals surface area (Å²) in [6.45, 7) is -1.43. The van der Waals surface area contributed by atoms with Gasteiger partial charge in [0.25, 0.3) is 12.3 Å². The Hall–Kier alpha value is -3.64. The van der Waals surface area contributed by atoms with E-state index in [2.05, 4.69) is 20.3 Å². The minimum atomic E-state index is -4.92. The molecule has 1 unspecified atom stereocenters. The highest BCUT2D eigenvalue weighted by Gasteiger charge is 2.42. The van der Waals surface area contributed by atoms with Crippen molar-refractivity contribution in [1.82, 2.24) is 20.3 Å². The van der Waals surface area contributed by atoms with E-state index in [-0.39, 0.29) is 51.4 Å². The summed E-state index contributed by atoms with van der Waals surface area (Å²) < 4.78 is 103. The number of aromatic amines is 1. The van der Waals surface area contributed by atoms with Gasteiger partial charge in [-0.1, -0.05) is 56.0 Å². The number of fused-ring (bicyclic) bond motifs is 1. The molecule has 1 aliphatic rings. The molecule has 1 aliphatic carbocycles. The standard InChI is InChI=1S/C19H16Cl2F5N7O3.C7H11F3.CH4/c20-8-2-1-6(4-29-16(35)13(27)19(24,25)26)11(21)12(8)31-18-30-9-3-7(14(28)34)17(32-15(9)33-18)36-5-10(22)23;8-7(9,10)6-4-2-1-3-5-6;/h1-3,10,13H,4-5,27H2,(H2,28,34)(H,29,35)(H2,30,31,32,33);6H,1-5H2;1H4. The SMILES string of the molecule is C.FC(F)(F)C1CCCCC1.NC(=O)c1cc2[nH]c(Nc3c(Cl)ccc(CNC(=O)C(N)C(F)(F)F)c3Cl)nc2nc1OCC(F)F. The third-order valence-corrected chi connectivity index (χ3v) is 7.37. The number of imidazole rings is 1. The van der Waals surface area contributed by atoms with E-state index in [1.54, 1.807) is 0 Å². The lowest BCUT2D eigenvalue weighted by molar-refractivity contribution is -0.181. The number of nitrogens with zero attached hydrogens (tertiary/aromatic N) is 2. The first-order chi connectivity index (χ1) is 21.4. The number of aromatic nitrogens is 3. The third kappa shape index (κ3) is 11.0. The summed E-state index contributed by atoms with van der Waals surface area (Å²) in [4.78, 5) is 34.1.